The van der Waals surface area contributed by atoms with Crippen molar-refractivity contribution in [3.8, 4) is 11.4 Å². The second-order valence-electron chi connectivity index (χ2n) is 8.61. The summed E-state index contributed by atoms with van der Waals surface area (Å²) < 4.78 is 12.6. The van der Waals surface area contributed by atoms with E-state index >= 15 is 0 Å². The minimum absolute atomic E-state index is 0.0581. The molecule has 1 unspecified atom stereocenters. The van der Waals surface area contributed by atoms with Crippen LogP contribution in [0.25, 0.3) is 5.69 Å². The van der Waals surface area contributed by atoms with Gasteiger partial charge in [-0.3, -0.25) is 15.2 Å². The Morgan fingerprint density at radius 2 is 1.84 bits per heavy atom. The Labute approximate surface area is 220 Å². The van der Waals surface area contributed by atoms with E-state index in [4.69, 9.17) is 38.4 Å². The molecule has 2 heterocycles. The van der Waals surface area contributed by atoms with Crippen molar-refractivity contribution in [2.75, 3.05) is 5.73 Å². The van der Waals surface area contributed by atoms with Crippen LogP contribution in [-0.4, -0.2) is 38.1 Å². The first-order valence-electron chi connectivity index (χ1n) is 11.3. The summed E-state index contributed by atoms with van der Waals surface area (Å²) in [6.45, 7) is 0.536. The molecule has 3 aromatic rings. The van der Waals surface area contributed by atoms with E-state index in [1.807, 2.05) is 30.3 Å². The van der Waals surface area contributed by atoms with E-state index in [1.165, 1.54) is 12.1 Å². The van der Waals surface area contributed by atoms with E-state index < -0.39 is 23.3 Å². The summed E-state index contributed by atoms with van der Waals surface area (Å²) in [6, 6.07) is 12.7. The number of aromatic amines is 1. The normalized spacial score (nSPS) is 20.9. The molecule has 5 N–H and O–H groups in total. The van der Waals surface area contributed by atoms with Gasteiger partial charge in [0.2, 0.25) is 11.7 Å². The highest BCUT2D eigenvalue weighted by molar-refractivity contribution is 6.37. The molecular weight excluding hydrogens is 523 g/mol. The van der Waals surface area contributed by atoms with Gasteiger partial charge in [-0.05, 0) is 42.0 Å². The Bertz CT molecular complexity index is 1470. The number of ether oxygens (including phenoxy) is 2. The first-order chi connectivity index (χ1) is 17.8. The number of nitrogens with two attached hydrogens (primary N) is 1. The summed E-state index contributed by atoms with van der Waals surface area (Å²) in [5, 5.41) is 18.3. The van der Waals surface area contributed by atoms with Crippen LogP contribution in [0.15, 0.2) is 68.8 Å². The van der Waals surface area contributed by atoms with Gasteiger partial charge in [0.15, 0.2) is 12.0 Å². The number of aliphatic hydroxyl groups is 1. The summed E-state index contributed by atoms with van der Waals surface area (Å²) in [4.78, 5) is 25.7. The SMILES string of the molecule is Nc1nn(-c2cc(Cl)c(OC3=NNC(O)C([C@H]4C[C@H](OCc5ccccc5)C4)=C3)c(Cl)c2)c(=O)[nH]c1=O. The molecule has 192 valence electrons. The smallest absolute Gasteiger partial charge is 0.349 e. The van der Waals surface area contributed by atoms with Crippen LogP contribution in [0.3, 0.4) is 0 Å². The first-order valence-corrected chi connectivity index (χ1v) is 12.1. The van der Waals surface area contributed by atoms with Crippen molar-refractivity contribution in [3.63, 3.8) is 0 Å². The Morgan fingerprint density at radius 3 is 2.54 bits per heavy atom. The highest BCUT2D eigenvalue weighted by atomic mass is 35.5. The predicted octanol–water partition coefficient (Wildman–Crippen LogP) is 2.35. The molecule has 13 heteroatoms. The van der Waals surface area contributed by atoms with Crippen molar-refractivity contribution >= 4 is 34.9 Å². The van der Waals surface area contributed by atoms with Gasteiger partial charge in [0, 0.05) is 6.08 Å². The monoisotopic (exact) mass is 544 g/mol. The van der Waals surface area contributed by atoms with Crippen LogP contribution in [0.5, 0.6) is 5.75 Å². The Kier molecular flexibility index (Phi) is 7.02. The Morgan fingerprint density at radius 1 is 1.14 bits per heavy atom. The maximum absolute atomic E-state index is 12.1. The number of aliphatic hydroxyl groups excluding tert-OH is 1. The fourth-order valence-corrected chi connectivity index (χ4v) is 4.62. The number of nitrogens with zero attached hydrogens (tertiary/aromatic N) is 3. The molecule has 1 aromatic heterocycles. The third-order valence-corrected chi connectivity index (χ3v) is 6.65. The standard InChI is InChI=1S/C24H22Cl2N6O5/c25-17-8-14(32-24(35)28-23(34)21(27)31-32)9-18(26)20(17)37-19-10-16(22(33)30-29-19)13-6-15(7-13)36-11-12-4-2-1-3-5-12/h1-5,8-10,13,15,22,30,33H,6-7,11H2,(H2,27,31)(H,28,34,35)/t13-,15-,22?. The zero-order chi connectivity index (χ0) is 26.1. The lowest BCUT2D eigenvalue weighted by atomic mass is 9.76. The molecule has 0 saturated heterocycles. The number of hydrazone groups is 1. The lowest BCUT2D eigenvalue weighted by Crippen LogP contribution is -2.41. The van der Waals surface area contributed by atoms with Crippen LogP contribution in [0.4, 0.5) is 5.82 Å². The van der Waals surface area contributed by atoms with E-state index in [-0.39, 0.29) is 39.4 Å². The average Bonchev–Trinajstić information content (AvgIpc) is 2.85. The number of anilines is 1. The zero-order valence-electron chi connectivity index (χ0n) is 19.2. The molecule has 1 saturated carbocycles. The van der Waals surface area contributed by atoms with E-state index in [0.717, 1.165) is 23.1 Å². The van der Waals surface area contributed by atoms with Crippen molar-refractivity contribution in [2.45, 2.75) is 31.8 Å². The van der Waals surface area contributed by atoms with Crippen LogP contribution in [0, 0.1) is 5.92 Å². The molecule has 0 radical (unpaired) electrons. The molecule has 0 spiro atoms. The summed E-state index contributed by atoms with van der Waals surface area (Å²) in [6.07, 6.45) is 2.30. The molecule has 37 heavy (non-hydrogen) atoms. The van der Waals surface area contributed by atoms with E-state index in [1.54, 1.807) is 6.08 Å². The topological polar surface area (TPSA) is 157 Å². The fourth-order valence-electron chi connectivity index (χ4n) is 4.07. The number of benzene rings is 2. The number of H-pyrrole nitrogens is 1. The Hall–Kier alpha value is -3.64. The summed E-state index contributed by atoms with van der Waals surface area (Å²) >= 11 is 12.8. The third-order valence-electron chi connectivity index (χ3n) is 6.09. The summed E-state index contributed by atoms with van der Waals surface area (Å²) in [5.41, 5.74) is 8.53. The average molecular weight is 545 g/mol. The van der Waals surface area contributed by atoms with Crippen molar-refractivity contribution in [3.05, 3.63) is 90.6 Å². The van der Waals surface area contributed by atoms with Crippen LogP contribution in [0.1, 0.15) is 18.4 Å². The summed E-state index contributed by atoms with van der Waals surface area (Å²) in [7, 11) is 0. The van der Waals surface area contributed by atoms with Crippen LogP contribution in [-0.2, 0) is 11.3 Å². The number of aromatic nitrogens is 3. The third kappa shape index (κ3) is 5.39. The van der Waals surface area contributed by atoms with Gasteiger partial charge in [0.25, 0.3) is 5.56 Å². The largest absolute Gasteiger partial charge is 0.434 e. The van der Waals surface area contributed by atoms with E-state index in [0.29, 0.717) is 12.2 Å². The second kappa shape index (κ2) is 10.4. The lowest BCUT2D eigenvalue weighted by molar-refractivity contribution is -0.0366. The molecule has 1 fully saturated rings. The number of rotatable bonds is 6. The number of hydrogen-bond donors (Lipinski definition) is 4. The number of halogens is 2. The van der Waals surface area contributed by atoms with Crippen LogP contribution < -0.4 is 27.1 Å². The van der Waals surface area contributed by atoms with Crippen molar-refractivity contribution in [1.29, 1.82) is 0 Å². The van der Waals surface area contributed by atoms with Gasteiger partial charge in [-0.1, -0.05) is 53.5 Å². The number of hydrogen-bond acceptors (Lipinski definition) is 9. The van der Waals surface area contributed by atoms with Crippen molar-refractivity contribution in [1.82, 2.24) is 20.2 Å². The molecule has 5 rings (SSSR count). The summed E-state index contributed by atoms with van der Waals surface area (Å²) in [5.74, 6) is -0.0686. The van der Waals surface area contributed by atoms with Crippen LogP contribution in [0.2, 0.25) is 10.0 Å². The van der Waals surface area contributed by atoms with E-state index in [9.17, 15) is 14.7 Å². The molecule has 1 atom stereocenters. The molecule has 2 aromatic carbocycles. The van der Waals surface area contributed by atoms with Crippen molar-refractivity contribution in [2.24, 2.45) is 11.0 Å². The van der Waals surface area contributed by atoms with Gasteiger partial charge in [0.05, 0.1) is 28.4 Å². The van der Waals surface area contributed by atoms with Gasteiger partial charge in [-0.15, -0.1) is 10.2 Å². The van der Waals surface area contributed by atoms with Gasteiger partial charge in [-0.25, -0.2) is 4.79 Å². The van der Waals surface area contributed by atoms with Gasteiger partial charge in [-0.2, -0.15) is 4.68 Å². The Balaban J connectivity index is 1.27. The lowest BCUT2D eigenvalue weighted by Gasteiger charge is -2.38. The van der Waals surface area contributed by atoms with Gasteiger partial charge >= 0.3 is 5.69 Å². The molecule has 0 bridgehead atoms. The highest BCUT2D eigenvalue weighted by Crippen LogP contribution is 2.39. The van der Waals surface area contributed by atoms with Crippen molar-refractivity contribution < 1.29 is 14.6 Å². The maximum atomic E-state index is 12.1. The second-order valence-corrected chi connectivity index (χ2v) is 9.42. The molecule has 2 aliphatic rings. The fraction of sp³-hybridized carbons (Fsp3) is 0.250. The van der Waals surface area contributed by atoms with Gasteiger partial charge < -0.3 is 20.3 Å². The molecule has 1 aliphatic carbocycles. The number of nitrogens with one attached hydrogen (secondary N) is 2. The van der Waals surface area contributed by atoms with E-state index in [2.05, 4.69) is 20.6 Å². The van der Waals surface area contributed by atoms with Gasteiger partial charge in [0.1, 0.15) is 0 Å². The minimum Gasteiger partial charge on any atom is -0.434 e. The van der Waals surface area contributed by atoms with Crippen LogP contribution >= 0.6 is 23.2 Å². The molecule has 11 nitrogen and oxygen atoms in total. The zero-order valence-corrected chi connectivity index (χ0v) is 20.7. The number of nitrogen functional groups attached to an aromatic ring is 1. The minimum atomic E-state index is -0.954. The quantitative estimate of drug-likeness (QED) is 0.368. The molecule has 0 amide bonds. The predicted molar refractivity (Wildman–Crippen MR) is 138 cm³/mol. The molecule has 1 aliphatic heterocycles. The highest BCUT2D eigenvalue weighted by Gasteiger charge is 2.36. The maximum Gasteiger partial charge on any atom is 0.349 e. The molecular formula is C24H22Cl2N6O5. The first kappa shape index (κ1) is 25.0.